The van der Waals surface area contributed by atoms with E-state index in [2.05, 4.69) is 20.9 Å². The summed E-state index contributed by atoms with van der Waals surface area (Å²) in [5.74, 6) is -6.07. The Labute approximate surface area is 275 Å². The lowest BCUT2D eigenvalue weighted by molar-refractivity contribution is -0.132. The van der Waals surface area contributed by atoms with E-state index in [4.69, 9.17) is 0 Å². The van der Waals surface area contributed by atoms with Crippen molar-refractivity contribution in [2.24, 2.45) is 11.8 Å². The van der Waals surface area contributed by atoms with E-state index >= 15 is 0 Å². The predicted octanol–water partition coefficient (Wildman–Crippen LogP) is 2.70. The van der Waals surface area contributed by atoms with Crippen molar-refractivity contribution >= 4 is 27.6 Å². The lowest BCUT2D eigenvalue weighted by Crippen LogP contribution is -2.58. The molecule has 11 nitrogen and oxygen atoms in total. The van der Waals surface area contributed by atoms with Gasteiger partial charge in [0.2, 0.25) is 11.8 Å². The summed E-state index contributed by atoms with van der Waals surface area (Å²) in [7, 11) is -3.95. The average Bonchev–Trinajstić information content (AvgIpc) is 3.01. The van der Waals surface area contributed by atoms with E-state index in [0.717, 1.165) is 12.1 Å². The first-order chi connectivity index (χ1) is 22.1. The van der Waals surface area contributed by atoms with Crippen LogP contribution in [0.15, 0.2) is 42.7 Å². The molecule has 2 aromatic rings. The first kappa shape index (κ1) is 39.7. The number of aromatic nitrogens is 1. The lowest BCUT2D eigenvalue weighted by atomic mass is 9.90. The Kier molecular flexibility index (Phi) is 15.8. The number of aliphatic hydroxyl groups is 2. The SMILES string of the molecule is CCCC(CCC)S(=O)(=O)CC(NC(=O)c1cccnc1)C(=O)N[C@@H](Cc1cc(F)cc(F)c1)[C@@H](O)[C@H](O)[C@@H](C)C(=O)NCC(C)C. The first-order valence-electron chi connectivity index (χ1n) is 15.9. The van der Waals surface area contributed by atoms with Crippen molar-refractivity contribution < 1.29 is 41.8 Å². The Bertz CT molecular complexity index is 1400. The maximum absolute atomic E-state index is 14.1. The minimum absolute atomic E-state index is 0.00508. The maximum Gasteiger partial charge on any atom is 0.253 e. The second-order valence-electron chi connectivity index (χ2n) is 12.3. The zero-order chi connectivity index (χ0) is 35.3. The molecule has 5 atom stereocenters. The summed E-state index contributed by atoms with van der Waals surface area (Å²) in [5, 5.41) is 29.1. The Hall–Kier alpha value is -3.49. The molecule has 1 aromatic heterocycles. The third-order valence-electron chi connectivity index (χ3n) is 7.75. The summed E-state index contributed by atoms with van der Waals surface area (Å²) >= 11 is 0. The van der Waals surface area contributed by atoms with Crippen LogP contribution in [0.3, 0.4) is 0 Å². The van der Waals surface area contributed by atoms with Crippen molar-refractivity contribution in [1.82, 2.24) is 20.9 Å². The number of rotatable bonds is 19. The van der Waals surface area contributed by atoms with Crippen molar-refractivity contribution in [2.75, 3.05) is 12.3 Å². The van der Waals surface area contributed by atoms with E-state index in [1.807, 2.05) is 27.7 Å². The molecule has 3 amide bonds. The van der Waals surface area contributed by atoms with Gasteiger partial charge in [0.25, 0.3) is 5.91 Å². The van der Waals surface area contributed by atoms with Crippen molar-refractivity contribution in [3.05, 3.63) is 65.5 Å². The standard InChI is InChI=1S/C33H48F2N4O7S/c1-6-9-26(10-7-2)47(45,46)19-28(39-32(43)23-11-8-12-36-18-23)33(44)38-27(15-22-13-24(34)16-25(35)14-22)30(41)29(40)21(5)31(42)37-17-20(3)4/h8,11-14,16,18,20-21,26-30,40-41H,6-7,9-10,15,17,19H2,1-5H3,(H,37,42)(H,38,44)(H,39,43)/t21-,27+,28?,29-,30-/m1/s1. The highest BCUT2D eigenvalue weighted by Crippen LogP contribution is 2.19. The molecule has 0 radical (unpaired) electrons. The van der Waals surface area contributed by atoms with Gasteiger partial charge in [-0.2, -0.15) is 0 Å². The molecule has 0 aliphatic carbocycles. The van der Waals surface area contributed by atoms with E-state index in [0.29, 0.717) is 38.3 Å². The van der Waals surface area contributed by atoms with Crippen LogP contribution >= 0.6 is 0 Å². The molecule has 5 N–H and O–H groups in total. The Morgan fingerprint density at radius 1 is 0.915 bits per heavy atom. The molecular formula is C33H48F2N4O7S. The quantitative estimate of drug-likeness (QED) is 0.150. The minimum Gasteiger partial charge on any atom is -0.390 e. The average molecular weight is 683 g/mol. The zero-order valence-electron chi connectivity index (χ0n) is 27.6. The van der Waals surface area contributed by atoms with Gasteiger partial charge < -0.3 is 26.2 Å². The van der Waals surface area contributed by atoms with Crippen molar-refractivity contribution in [2.45, 2.75) is 96.3 Å². The highest BCUT2D eigenvalue weighted by molar-refractivity contribution is 7.92. The second-order valence-corrected chi connectivity index (χ2v) is 14.6. The van der Waals surface area contributed by atoms with Gasteiger partial charge in [0.15, 0.2) is 9.84 Å². The van der Waals surface area contributed by atoms with E-state index in [-0.39, 0.29) is 17.0 Å². The van der Waals surface area contributed by atoms with E-state index in [1.165, 1.54) is 31.5 Å². The molecule has 1 aromatic carbocycles. The third kappa shape index (κ3) is 12.6. The van der Waals surface area contributed by atoms with E-state index in [9.17, 15) is 41.8 Å². The zero-order valence-corrected chi connectivity index (χ0v) is 28.4. The van der Waals surface area contributed by atoms with Gasteiger partial charge in [0.1, 0.15) is 23.8 Å². The fraction of sp³-hybridized carbons (Fsp3) is 0.576. The number of nitrogens with zero attached hydrogens (tertiary/aromatic N) is 1. The molecule has 0 saturated carbocycles. The largest absolute Gasteiger partial charge is 0.390 e. The minimum atomic E-state index is -3.95. The summed E-state index contributed by atoms with van der Waals surface area (Å²) < 4.78 is 55.3. The van der Waals surface area contributed by atoms with Gasteiger partial charge in [0, 0.05) is 25.0 Å². The number of amides is 3. The number of sulfone groups is 1. The van der Waals surface area contributed by atoms with Crippen LogP contribution in [0.1, 0.15) is 76.2 Å². The van der Waals surface area contributed by atoms with Crippen LogP contribution in [0, 0.1) is 23.5 Å². The fourth-order valence-electron chi connectivity index (χ4n) is 5.12. The molecule has 2 rings (SSSR count). The highest BCUT2D eigenvalue weighted by atomic mass is 32.2. The molecule has 0 bridgehead atoms. The molecule has 0 spiro atoms. The monoisotopic (exact) mass is 682 g/mol. The molecule has 262 valence electrons. The molecule has 47 heavy (non-hydrogen) atoms. The van der Waals surface area contributed by atoms with Gasteiger partial charge >= 0.3 is 0 Å². The summed E-state index contributed by atoms with van der Waals surface area (Å²) in [6.45, 7) is 9.09. The number of carbonyl (C=O) groups excluding carboxylic acids is 3. The van der Waals surface area contributed by atoms with Crippen LogP contribution in [0.4, 0.5) is 8.78 Å². The number of benzene rings is 1. The van der Waals surface area contributed by atoms with Gasteiger partial charge in [-0.1, -0.05) is 47.5 Å². The topological polar surface area (TPSA) is 175 Å². The number of halogens is 2. The van der Waals surface area contributed by atoms with Gasteiger partial charge in [0.05, 0.1) is 34.6 Å². The van der Waals surface area contributed by atoms with Crippen LogP contribution in [-0.2, 0) is 25.8 Å². The Morgan fingerprint density at radius 3 is 2.06 bits per heavy atom. The van der Waals surface area contributed by atoms with Crippen LogP contribution in [0.5, 0.6) is 0 Å². The van der Waals surface area contributed by atoms with Gasteiger partial charge in [-0.25, -0.2) is 17.2 Å². The second kappa shape index (κ2) is 18.7. The number of aliphatic hydroxyl groups excluding tert-OH is 2. The lowest BCUT2D eigenvalue weighted by Gasteiger charge is -2.32. The van der Waals surface area contributed by atoms with Crippen LogP contribution in [-0.4, -0.2) is 83.2 Å². The summed E-state index contributed by atoms with van der Waals surface area (Å²) in [5.41, 5.74) is 0.0651. The molecule has 14 heteroatoms. The molecule has 0 aliphatic rings. The van der Waals surface area contributed by atoms with E-state index in [1.54, 1.807) is 0 Å². The summed E-state index contributed by atoms with van der Waals surface area (Å²) in [6.07, 6.45) is 0.478. The van der Waals surface area contributed by atoms with Gasteiger partial charge in [-0.05, 0) is 55.0 Å². The van der Waals surface area contributed by atoms with E-state index < -0.39 is 86.8 Å². The number of hydrogen-bond acceptors (Lipinski definition) is 8. The number of nitrogens with one attached hydrogen (secondary N) is 3. The number of carbonyl (C=O) groups is 3. The van der Waals surface area contributed by atoms with Crippen LogP contribution in [0.25, 0.3) is 0 Å². The molecule has 0 fully saturated rings. The predicted molar refractivity (Wildman–Crippen MR) is 174 cm³/mol. The molecule has 0 aliphatic heterocycles. The normalized spacial score (nSPS) is 15.0. The number of pyridine rings is 1. The molecule has 0 saturated heterocycles. The maximum atomic E-state index is 14.1. The smallest absolute Gasteiger partial charge is 0.253 e. The van der Waals surface area contributed by atoms with Gasteiger partial charge in [-0.3, -0.25) is 19.4 Å². The Balaban J connectivity index is 2.48. The summed E-state index contributed by atoms with van der Waals surface area (Å²) in [4.78, 5) is 43.5. The van der Waals surface area contributed by atoms with Crippen LogP contribution in [0.2, 0.25) is 0 Å². The fourth-order valence-corrected chi connectivity index (χ4v) is 7.28. The number of hydrogen-bond donors (Lipinski definition) is 5. The summed E-state index contributed by atoms with van der Waals surface area (Å²) in [6, 6.07) is 2.38. The third-order valence-corrected chi connectivity index (χ3v) is 10.0. The van der Waals surface area contributed by atoms with Crippen molar-refractivity contribution in [3.63, 3.8) is 0 Å². The van der Waals surface area contributed by atoms with Gasteiger partial charge in [-0.15, -0.1) is 0 Å². The Morgan fingerprint density at radius 2 is 1.53 bits per heavy atom. The van der Waals surface area contributed by atoms with Crippen molar-refractivity contribution in [1.29, 1.82) is 0 Å². The molecule has 1 unspecified atom stereocenters. The first-order valence-corrected chi connectivity index (χ1v) is 17.6. The van der Waals surface area contributed by atoms with Crippen molar-refractivity contribution in [3.8, 4) is 0 Å². The van der Waals surface area contributed by atoms with Crippen LogP contribution < -0.4 is 16.0 Å². The molecule has 1 heterocycles. The molecular weight excluding hydrogens is 634 g/mol. The highest BCUT2D eigenvalue weighted by Gasteiger charge is 2.38.